The van der Waals surface area contributed by atoms with Crippen LogP contribution in [0.2, 0.25) is 0 Å². The van der Waals surface area contributed by atoms with Crippen LogP contribution in [0.25, 0.3) is 22.2 Å². The Morgan fingerprint density at radius 1 is 1.13 bits per heavy atom. The maximum Gasteiger partial charge on any atom is 0.243 e. The Bertz CT molecular complexity index is 1210. The van der Waals surface area contributed by atoms with Crippen LogP contribution in [0.5, 0.6) is 0 Å². The first-order valence-electron chi connectivity index (χ1n) is 9.99. The Morgan fingerprint density at radius 2 is 1.87 bits per heavy atom. The van der Waals surface area contributed by atoms with Crippen LogP contribution in [-0.2, 0) is 14.8 Å². The van der Waals surface area contributed by atoms with Crippen LogP contribution in [0.15, 0.2) is 47.4 Å². The van der Waals surface area contributed by atoms with Gasteiger partial charge < -0.3 is 15.6 Å². The first-order valence-corrected chi connectivity index (χ1v) is 11.4. The topological polar surface area (TPSA) is 99.5 Å². The van der Waals surface area contributed by atoms with Crippen LogP contribution in [0.3, 0.4) is 0 Å². The Morgan fingerprint density at radius 3 is 2.57 bits per heavy atom. The number of nitrogens with two attached hydrogens (primary N) is 1. The zero-order valence-electron chi connectivity index (χ0n) is 17.2. The summed E-state index contributed by atoms with van der Waals surface area (Å²) in [7, 11) is -2.48. The normalized spacial score (nSPS) is 14.7. The van der Waals surface area contributed by atoms with Gasteiger partial charge in [0.15, 0.2) is 0 Å². The van der Waals surface area contributed by atoms with Gasteiger partial charge in [-0.15, -0.1) is 0 Å². The highest BCUT2D eigenvalue weighted by atomic mass is 32.2. The number of carbonyl (C=O) groups excluding carboxylic acids is 1. The number of hydrogen-bond donors (Lipinski definition) is 2. The summed E-state index contributed by atoms with van der Waals surface area (Å²) in [6.45, 7) is 3.56. The molecule has 2 heterocycles. The number of hydrogen-bond acceptors (Lipinski definition) is 4. The highest BCUT2D eigenvalue weighted by Gasteiger charge is 2.25. The fourth-order valence-corrected chi connectivity index (χ4v) is 5.16. The quantitative estimate of drug-likeness (QED) is 0.633. The van der Waals surface area contributed by atoms with E-state index < -0.39 is 15.9 Å². The summed E-state index contributed by atoms with van der Waals surface area (Å²) < 4.78 is 27.0. The van der Waals surface area contributed by atoms with Gasteiger partial charge >= 0.3 is 0 Å². The lowest BCUT2D eigenvalue weighted by molar-refractivity contribution is -0.118. The van der Waals surface area contributed by atoms with Crippen LogP contribution in [0.4, 0.5) is 5.69 Å². The molecule has 4 rings (SSSR count). The third kappa shape index (κ3) is 3.80. The molecule has 1 aliphatic rings. The number of primary amides is 1. The Labute approximate surface area is 176 Å². The van der Waals surface area contributed by atoms with Crippen LogP contribution in [0, 0.1) is 6.92 Å². The van der Waals surface area contributed by atoms with Gasteiger partial charge in [-0.3, -0.25) is 4.79 Å². The second-order valence-electron chi connectivity index (χ2n) is 7.87. The van der Waals surface area contributed by atoms with Gasteiger partial charge in [0.2, 0.25) is 15.9 Å². The van der Waals surface area contributed by atoms with Crippen molar-refractivity contribution in [3.05, 3.63) is 48.0 Å². The number of rotatable bonds is 6. The molecular formula is C22H26N4O3S. The minimum atomic E-state index is -3.84. The Hall–Kier alpha value is -2.84. The smallest absolute Gasteiger partial charge is 0.243 e. The van der Waals surface area contributed by atoms with Gasteiger partial charge in [0.25, 0.3) is 0 Å². The molecule has 158 valence electrons. The minimum Gasteiger partial charge on any atom is -0.371 e. The Balaban J connectivity index is 1.85. The van der Waals surface area contributed by atoms with E-state index in [4.69, 9.17) is 5.73 Å². The van der Waals surface area contributed by atoms with Gasteiger partial charge in [-0.25, -0.2) is 8.42 Å². The van der Waals surface area contributed by atoms with Gasteiger partial charge in [0, 0.05) is 48.0 Å². The van der Waals surface area contributed by atoms with Crippen LogP contribution < -0.4 is 10.6 Å². The van der Waals surface area contributed by atoms with Gasteiger partial charge in [-0.05, 0) is 55.7 Å². The summed E-state index contributed by atoms with van der Waals surface area (Å²) >= 11 is 0. The molecule has 1 fully saturated rings. The highest BCUT2D eigenvalue weighted by molar-refractivity contribution is 7.89. The average Bonchev–Trinajstić information content (AvgIpc) is 3.36. The zero-order chi connectivity index (χ0) is 21.5. The lowest BCUT2D eigenvalue weighted by Crippen LogP contribution is -2.35. The van der Waals surface area contributed by atoms with Crippen LogP contribution in [-0.4, -0.2) is 50.3 Å². The van der Waals surface area contributed by atoms with Crippen molar-refractivity contribution in [2.75, 3.05) is 31.6 Å². The van der Waals surface area contributed by atoms with E-state index in [9.17, 15) is 13.2 Å². The maximum atomic E-state index is 13.0. The lowest BCUT2D eigenvalue weighted by Gasteiger charge is -2.23. The van der Waals surface area contributed by atoms with Crippen molar-refractivity contribution >= 4 is 32.5 Å². The number of carbonyl (C=O) groups is 1. The molecule has 0 radical (unpaired) electrons. The molecule has 0 unspecified atom stereocenters. The van der Waals surface area contributed by atoms with E-state index in [1.807, 2.05) is 19.1 Å². The van der Waals surface area contributed by atoms with E-state index in [1.165, 1.54) is 7.05 Å². The molecule has 0 saturated carbocycles. The molecule has 8 heteroatoms. The molecule has 1 aromatic heterocycles. The Kier molecular flexibility index (Phi) is 5.29. The van der Waals surface area contributed by atoms with Gasteiger partial charge in [-0.2, -0.15) is 4.31 Å². The van der Waals surface area contributed by atoms with Crippen molar-refractivity contribution in [2.24, 2.45) is 5.73 Å². The molecule has 1 aliphatic heterocycles. The van der Waals surface area contributed by atoms with Crippen LogP contribution in [0.1, 0.15) is 18.4 Å². The molecule has 7 nitrogen and oxygen atoms in total. The number of H-pyrrole nitrogens is 1. The number of anilines is 1. The third-order valence-electron chi connectivity index (χ3n) is 5.57. The number of aromatic nitrogens is 1. The van der Waals surface area contributed by atoms with Gasteiger partial charge in [-0.1, -0.05) is 12.1 Å². The summed E-state index contributed by atoms with van der Waals surface area (Å²) in [4.78, 5) is 17.1. The molecule has 0 spiro atoms. The highest BCUT2D eigenvalue weighted by Crippen LogP contribution is 2.36. The van der Waals surface area contributed by atoms with Crippen molar-refractivity contribution in [2.45, 2.75) is 24.7 Å². The molecule has 1 amide bonds. The van der Waals surface area contributed by atoms with E-state index in [0.717, 1.165) is 63.6 Å². The van der Waals surface area contributed by atoms with Crippen molar-refractivity contribution < 1.29 is 13.2 Å². The second-order valence-corrected chi connectivity index (χ2v) is 9.92. The number of nitrogens with zero attached hydrogens (tertiary/aromatic N) is 2. The first kappa shape index (κ1) is 20.4. The average molecular weight is 427 g/mol. The fraction of sp³-hybridized carbons (Fsp3) is 0.318. The van der Waals surface area contributed by atoms with E-state index in [1.54, 1.807) is 12.1 Å². The predicted molar refractivity (Wildman–Crippen MR) is 119 cm³/mol. The van der Waals surface area contributed by atoms with E-state index in [0.29, 0.717) is 0 Å². The molecule has 3 N–H and O–H groups in total. The summed E-state index contributed by atoms with van der Waals surface area (Å²) in [6.07, 6.45) is 2.24. The summed E-state index contributed by atoms with van der Waals surface area (Å²) in [6, 6.07) is 13.4. The maximum absolute atomic E-state index is 13.0. The van der Waals surface area contributed by atoms with Crippen molar-refractivity contribution in [3.8, 4) is 11.3 Å². The van der Waals surface area contributed by atoms with E-state index in [-0.39, 0.29) is 11.4 Å². The molecule has 2 aromatic carbocycles. The number of aromatic amines is 1. The monoisotopic (exact) mass is 426 g/mol. The van der Waals surface area contributed by atoms with E-state index in [2.05, 4.69) is 28.1 Å². The molecule has 3 aromatic rings. The summed E-state index contributed by atoms with van der Waals surface area (Å²) in [5.74, 6) is -0.694. The second kappa shape index (κ2) is 7.77. The van der Waals surface area contributed by atoms with Crippen LogP contribution >= 0.6 is 0 Å². The number of sulfonamides is 1. The van der Waals surface area contributed by atoms with Crippen molar-refractivity contribution in [1.29, 1.82) is 0 Å². The third-order valence-corrected chi connectivity index (χ3v) is 7.37. The largest absolute Gasteiger partial charge is 0.371 e. The molecule has 30 heavy (non-hydrogen) atoms. The number of likely N-dealkylation sites (N-methyl/N-ethyl adjacent to an activating group) is 1. The van der Waals surface area contributed by atoms with Crippen molar-refractivity contribution in [1.82, 2.24) is 9.29 Å². The molecule has 0 atom stereocenters. The summed E-state index contributed by atoms with van der Waals surface area (Å²) in [5, 5.41) is 1.07. The number of fused-ring (bicyclic) bond motifs is 1. The fourth-order valence-electron chi connectivity index (χ4n) is 4.00. The number of benzene rings is 2. The van der Waals surface area contributed by atoms with Gasteiger partial charge in [0.1, 0.15) is 0 Å². The molecular weight excluding hydrogens is 400 g/mol. The molecule has 0 aliphatic carbocycles. The number of amides is 1. The first-order chi connectivity index (χ1) is 14.3. The predicted octanol–water partition coefficient (Wildman–Crippen LogP) is 2.85. The van der Waals surface area contributed by atoms with Gasteiger partial charge in [0.05, 0.1) is 11.4 Å². The molecule has 0 bridgehead atoms. The number of nitrogens with one attached hydrogen (secondary N) is 1. The zero-order valence-corrected chi connectivity index (χ0v) is 18.0. The number of aryl methyl sites for hydroxylation is 1. The minimum absolute atomic E-state index is 0.138. The van der Waals surface area contributed by atoms with Crippen molar-refractivity contribution in [3.63, 3.8) is 0 Å². The SMILES string of the molecule is Cc1ccc2cc(-c3cc(S(=O)(=O)N(C)CC(N)=O)ccc3N3CCCC3)[nH]c2c1. The van der Waals surface area contributed by atoms with E-state index >= 15 is 0 Å². The standard InChI is InChI=1S/C22H26N4O3S/c1-15-5-6-16-12-20(24-19(16)11-15)18-13-17(30(28,29)25(2)14-22(23)27)7-8-21(18)26-9-3-4-10-26/h5-8,11-13,24H,3-4,9-10,14H2,1-2H3,(H2,23,27). The lowest BCUT2D eigenvalue weighted by atomic mass is 10.1. The summed E-state index contributed by atoms with van der Waals surface area (Å²) in [5.41, 5.74) is 10.1. The molecule has 1 saturated heterocycles.